The smallest absolute Gasteiger partial charge is 0.258 e. The van der Waals surface area contributed by atoms with E-state index < -0.39 is 0 Å². The van der Waals surface area contributed by atoms with Crippen LogP contribution in [0.3, 0.4) is 0 Å². The van der Waals surface area contributed by atoms with Crippen molar-refractivity contribution in [2.24, 2.45) is 0 Å². The number of benzene rings is 4. The number of amides is 2. The summed E-state index contributed by atoms with van der Waals surface area (Å²) in [6.45, 7) is 6.13. The van der Waals surface area contributed by atoms with Crippen LogP contribution in [0, 0.1) is 13.8 Å². The molecule has 7 heteroatoms. The molecule has 5 rings (SSSR count). The Morgan fingerprint density at radius 3 is 2.35 bits per heavy atom. The summed E-state index contributed by atoms with van der Waals surface area (Å²) in [5, 5.41) is 6.41. The number of nitrogens with one attached hydrogen (secondary N) is 2. The maximum atomic E-state index is 13.7. The van der Waals surface area contributed by atoms with Crippen LogP contribution in [0.15, 0.2) is 84.9 Å². The van der Waals surface area contributed by atoms with Gasteiger partial charge in [-0.05, 0) is 72.5 Å². The van der Waals surface area contributed by atoms with E-state index in [4.69, 9.17) is 9.47 Å². The fourth-order valence-corrected chi connectivity index (χ4v) is 5.18. The van der Waals surface area contributed by atoms with Crippen molar-refractivity contribution in [2.45, 2.75) is 40.1 Å². The number of fused-ring (bicyclic) bond motifs is 1. The number of hydrogen-bond acceptors (Lipinski definition) is 5. The SMILES string of the molecule is COc1ccc(C2Nc3ccccc3C(=O)N2Cc2ccccc2)cc1COc1c(C)cc(NC(C)=O)cc1C. The lowest BCUT2D eigenvalue weighted by Gasteiger charge is -2.38. The second-order valence-electron chi connectivity index (χ2n) is 9.99. The maximum Gasteiger partial charge on any atom is 0.258 e. The van der Waals surface area contributed by atoms with Crippen molar-refractivity contribution in [1.82, 2.24) is 4.90 Å². The molecule has 0 saturated carbocycles. The van der Waals surface area contributed by atoms with Gasteiger partial charge in [0.1, 0.15) is 24.3 Å². The van der Waals surface area contributed by atoms with E-state index >= 15 is 0 Å². The number of hydrogen-bond donors (Lipinski definition) is 2. The molecule has 0 aliphatic carbocycles. The number of aryl methyl sites for hydroxylation is 2. The minimum absolute atomic E-state index is 0.0256. The maximum absolute atomic E-state index is 13.7. The first-order valence-electron chi connectivity index (χ1n) is 13.2. The standard InChI is InChI=1S/C33H33N3O4/c1-21-16-27(34-23(3)37)17-22(2)31(21)40-20-26-18-25(14-15-30(26)39-4)32-35-29-13-9-8-12-28(29)33(38)36(32)19-24-10-6-5-7-11-24/h5-18,32,35H,19-20H2,1-4H3,(H,34,37). The molecule has 4 aromatic carbocycles. The minimum atomic E-state index is -0.382. The van der Waals surface area contributed by atoms with Crippen molar-refractivity contribution in [3.63, 3.8) is 0 Å². The van der Waals surface area contributed by atoms with Gasteiger partial charge >= 0.3 is 0 Å². The summed E-state index contributed by atoms with van der Waals surface area (Å²) >= 11 is 0. The first-order chi connectivity index (χ1) is 19.3. The van der Waals surface area contributed by atoms with Crippen LogP contribution >= 0.6 is 0 Å². The van der Waals surface area contributed by atoms with Gasteiger partial charge in [-0.2, -0.15) is 0 Å². The third-order valence-electron chi connectivity index (χ3n) is 6.99. The predicted octanol–water partition coefficient (Wildman–Crippen LogP) is 6.62. The molecule has 7 nitrogen and oxygen atoms in total. The summed E-state index contributed by atoms with van der Waals surface area (Å²) in [7, 11) is 1.64. The number of rotatable bonds is 8. The topological polar surface area (TPSA) is 79.9 Å². The van der Waals surface area contributed by atoms with E-state index in [0.717, 1.165) is 44.9 Å². The van der Waals surface area contributed by atoms with Gasteiger partial charge in [-0.15, -0.1) is 0 Å². The van der Waals surface area contributed by atoms with Crippen molar-refractivity contribution in [3.8, 4) is 11.5 Å². The van der Waals surface area contributed by atoms with Gasteiger partial charge in [0.2, 0.25) is 5.91 Å². The van der Waals surface area contributed by atoms with Gasteiger partial charge in [0.05, 0.1) is 12.7 Å². The Labute approximate surface area is 234 Å². The van der Waals surface area contributed by atoms with Crippen LogP contribution in [0.4, 0.5) is 11.4 Å². The van der Waals surface area contributed by atoms with Crippen molar-refractivity contribution in [1.29, 1.82) is 0 Å². The van der Waals surface area contributed by atoms with Gasteiger partial charge in [-0.25, -0.2) is 0 Å². The first-order valence-corrected chi connectivity index (χ1v) is 13.2. The Balaban J connectivity index is 1.46. The molecule has 1 aliphatic heterocycles. The van der Waals surface area contributed by atoms with Crippen LogP contribution in [0.1, 0.15) is 51.3 Å². The molecule has 0 bridgehead atoms. The minimum Gasteiger partial charge on any atom is -0.496 e. The molecule has 0 fully saturated rings. The van der Waals surface area contributed by atoms with Crippen LogP contribution in [0.5, 0.6) is 11.5 Å². The molecule has 1 unspecified atom stereocenters. The number of ether oxygens (including phenoxy) is 2. The summed E-state index contributed by atoms with van der Waals surface area (Å²) in [5.41, 5.74) is 6.87. The molecule has 1 heterocycles. The molecule has 0 aromatic heterocycles. The lowest BCUT2D eigenvalue weighted by molar-refractivity contribution is -0.114. The number of para-hydroxylation sites is 1. The Morgan fingerprint density at radius 1 is 0.950 bits per heavy atom. The molecular formula is C33H33N3O4. The van der Waals surface area contributed by atoms with E-state index in [2.05, 4.69) is 10.6 Å². The number of carbonyl (C=O) groups excluding carboxylic acids is 2. The zero-order valence-corrected chi connectivity index (χ0v) is 23.2. The normalized spacial score (nSPS) is 14.2. The average Bonchev–Trinajstić information content (AvgIpc) is 2.94. The Kier molecular flexibility index (Phi) is 7.73. The third kappa shape index (κ3) is 5.64. The summed E-state index contributed by atoms with van der Waals surface area (Å²) < 4.78 is 12.0. The van der Waals surface area contributed by atoms with Crippen molar-refractivity contribution in [3.05, 3.63) is 118 Å². The lowest BCUT2D eigenvalue weighted by Crippen LogP contribution is -2.42. The summed E-state index contributed by atoms with van der Waals surface area (Å²) in [6, 6.07) is 27.3. The van der Waals surface area contributed by atoms with Gasteiger partial charge in [-0.3, -0.25) is 9.59 Å². The number of nitrogens with zero attached hydrogens (tertiary/aromatic N) is 1. The molecule has 0 radical (unpaired) electrons. The van der Waals surface area contributed by atoms with E-state index in [-0.39, 0.29) is 24.6 Å². The Morgan fingerprint density at radius 2 is 1.65 bits per heavy atom. The summed E-state index contributed by atoms with van der Waals surface area (Å²) in [6.07, 6.45) is -0.382. The number of anilines is 2. The molecule has 204 valence electrons. The van der Waals surface area contributed by atoms with Crippen LogP contribution in [-0.4, -0.2) is 23.8 Å². The molecule has 4 aromatic rings. The average molecular weight is 536 g/mol. The molecule has 1 aliphatic rings. The van der Waals surface area contributed by atoms with Crippen LogP contribution in [0.2, 0.25) is 0 Å². The van der Waals surface area contributed by atoms with E-state index in [1.807, 2.05) is 104 Å². The Hall–Kier alpha value is -4.78. The molecule has 0 spiro atoms. The van der Waals surface area contributed by atoms with Crippen molar-refractivity contribution >= 4 is 23.2 Å². The van der Waals surface area contributed by atoms with Crippen molar-refractivity contribution in [2.75, 3.05) is 17.7 Å². The highest BCUT2D eigenvalue weighted by Crippen LogP contribution is 2.36. The second kappa shape index (κ2) is 11.5. The molecule has 2 amide bonds. The van der Waals surface area contributed by atoms with Crippen LogP contribution < -0.4 is 20.1 Å². The van der Waals surface area contributed by atoms with Gasteiger partial charge < -0.3 is 25.0 Å². The Bertz CT molecular complexity index is 1530. The van der Waals surface area contributed by atoms with E-state index in [0.29, 0.717) is 17.9 Å². The van der Waals surface area contributed by atoms with E-state index in [1.165, 1.54) is 6.92 Å². The van der Waals surface area contributed by atoms with Crippen LogP contribution in [-0.2, 0) is 17.9 Å². The predicted molar refractivity (Wildman–Crippen MR) is 157 cm³/mol. The molecule has 0 saturated heterocycles. The van der Waals surface area contributed by atoms with Gasteiger partial charge in [-0.1, -0.05) is 48.5 Å². The quantitative estimate of drug-likeness (QED) is 0.265. The zero-order valence-electron chi connectivity index (χ0n) is 23.2. The molecule has 1 atom stereocenters. The third-order valence-corrected chi connectivity index (χ3v) is 6.99. The highest BCUT2D eigenvalue weighted by Gasteiger charge is 2.33. The van der Waals surface area contributed by atoms with Crippen LogP contribution in [0.25, 0.3) is 0 Å². The summed E-state index contributed by atoms with van der Waals surface area (Å²) in [4.78, 5) is 27.1. The van der Waals surface area contributed by atoms with Gasteiger partial charge in [0.25, 0.3) is 5.91 Å². The van der Waals surface area contributed by atoms with E-state index in [1.54, 1.807) is 7.11 Å². The summed E-state index contributed by atoms with van der Waals surface area (Å²) in [5.74, 6) is 1.31. The lowest BCUT2D eigenvalue weighted by atomic mass is 10.0. The monoisotopic (exact) mass is 535 g/mol. The fraction of sp³-hybridized carbons (Fsp3) is 0.212. The first kappa shape index (κ1) is 26.8. The molecule has 2 N–H and O–H groups in total. The fourth-order valence-electron chi connectivity index (χ4n) is 5.18. The van der Waals surface area contributed by atoms with Crippen molar-refractivity contribution < 1.29 is 19.1 Å². The molecular weight excluding hydrogens is 502 g/mol. The number of methoxy groups -OCH3 is 1. The van der Waals surface area contributed by atoms with Gasteiger partial charge in [0.15, 0.2) is 0 Å². The number of carbonyl (C=O) groups is 2. The molecule has 40 heavy (non-hydrogen) atoms. The van der Waals surface area contributed by atoms with E-state index in [9.17, 15) is 9.59 Å². The largest absolute Gasteiger partial charge is 0.496 e. The van der Waals surface area contributed by atoms with Gasteiger partial charge in [0, 0.05) is 30.4 Å². The second-order valence-corrected chi connectivity index (χ2v) is 9.99. The highest BCUT2D eigenvalue weighted by atomic mass is 16.5. The zero-order chi connectivity index (χ0) is 28.2. The highest BCUT2D eigenvalue weighted by molar-refractivity contribution is 6.01.